The van der Waals surface area contributed by atoms with Crippen LogP contribution in [0.2, 0.25) is 5.02 Å². The van der Waals surface area contributed by atoms with Gasteiger partial charge in [-0.05, 0) is 48.7 Å². The van der Waals surface area contributed by atoms with Gasteiger partial charge in [-0.3, -0.25) is 9.59 Å². The molecule has 1 fully saturated rings. The number of likely N-dealkylation sites (tertiary alicyclic amines) is 1. The Morgan fingerprint density at radius 3 is 2.19 bits per heavy atom. The van der Waals surface area contributed by atoms with Crippen molar-refractivity contribution in [1.29, 1.82) is 0 Å². The predicted molar refractivity (Wildman–Crippen MR) is 141 cm³/mol. The van der Waals surface area contributed by atoms with Crippen LogP contribution in [0.1, 0.15) is 28.9 Å². The second-order valence-electron chi connectivity index (χ2n) is 8.94. The predicted octanol–water partition coefficient (Wildman–Crippen LogP) is 5.36. The van der Waals surface area contributed by atoms with E-state index in [4.69, 9.17) is 16.7 Å². The van der Waals surface area contributed by atoms with Crippen molar-refractivity contribution < 1.29 is 9.59 Å². The molecule has 6 nitrogen and oxygen atoms in total. The molecule has 4 aromatic rings. The van der Waals surface area contributed by atoms with Gasteiger partial charge < -0.3 is 10.2 Å². The minimum absolute atomic E-state index is 0.0466. The molecule has 7 heteroatoms. The largest absolute Gasteiger partial charge is 0.352 e. The molecule has 0 radical (unpaired) electrons. The van der Waals surface area contributed by atoms with Crippen molar-refractivity contribution in [2.75, 3.05) is 13.1 Å². The van der Waals surface area contributed by atoms with E-state index in [0.717, 1.165) is 16.8 Å². The van der Waals surface area contributed by atoms with Gasteiger partial charge in [-0.1, -0.05) is 72.3 Å². The maximum atomic E-state index is 13.6. The monoisotopic (exact) mass is 498 g/mol. The summed E-state index contributed by atoms with van der Waals surface area (Å²) in [5.74, 6) is -0.138. The minimum atomic E-state index is -0.0959. The number of nitrogens with one attached hydrogen (secondary N) is 1. The minimum Gasteiger partial charge on any atom is -0.352 e. The number of benzene rings is 3. The quantitative estimate of drug-likeness (QED) is 0.389. The van der Waals surface area contributed by atoms with Crippen molar-refractivity contribution in [1.82, 2.24) is 20.0 Å². The lowest BCUT2D eigenvalue weighted by Crippen LogP contribution is -2.43. The Kier molecular flexibility index (Phi) is 7.14. The van der Waals surface area contributed by atoms with E-state index in [-0.39, 0.29) is 17.7 Å². The summed E-state index contributed by atoms with van der Waals surface area (Å²) in [4.78, 5) is 28.1. The summed E-state index contributed by atoms with van der Waals surface area (Å²) in [6.45, 7) is 1.57. The highest BCUT2D eigenvalue weighted by Gasteiger charge is 2.30. The molecule has 1 N–H and O–H groups in total. The molecule has 0 saturated carbocycles. The van der Waals surface area contributed by atoms with Crippen molar-refractivity contribution >= 4 is 23.4 Å². The van der Waals surface area contributed by atoms with Gasteiger partial charge in [-0.2, -0.15) is 5.10 Å². The number of carbonyl (C=O) groups excluding carboxylic acids is 2. The molecule has 182 valence electrons. The van der Waals surface area contributed by atoms with E-state index in [1.165, 1.54) is 0 Å². The number of amides is 2. The lowest BCUT2D eigenvalue weighted by molar-refractivity contribution is -0.126. The SMILES string of the molecule is O=C(NCc1ccccc1)C1CCN(C(=O)c2cc(-c3ccc(Cl)cc3)nn2-c2ccccc2)CC1. The number of rotatable bonds is 6. The van der Waals surface area contributed by atoms with Crippen LogP contribution in [0.15, 0.2) is 91.0 Å². The van der Waals surface area contributed by atoms with Gasteiger partial charge in [0.25, 0.3) is 5.91 Å². The Hall–Kier alpha value is -3.90. The number of para-hydroxylation sites is 1. The Morgan fingerprint density at radius 1 is 0.889 bits per heavy atom. The maximum Gasteiger partial charge on any atom is 0.272 e. The standard InChI is InChI=1S/C29H27ClN4O2/c30-24-13-11-22(12-14-24)26-19-27(34(32-26)25-9-5-2-6-10-25)29(36)33-17-15-23(16-18-33)28(35)31-20-21-7-3-1-4-8-21/h1-14,19,23H,15-18,20H2,(H,31,35). The second-order valence-corrected chi connectivity index (χ2v) is 9.38. The molecule has 0 atom stereocenters. The summed E-state index contributed by atoms with van der Waals surface area (Å²) < 4.78 is 1.70. The average molecular weight is 499 g/mol. The van der Waals surface area contributed by atoms with E-state index in [1.54, 1.807) is 4.68 Å². The number of nitrogens with zero attached hydrogens (tertiary/aromatic N) is 3. The van der Waals surface area contributed by atoms with Gasteiger partial charge in [0.05, 0.1) is 11.4 Å². The molecule has 0 spiro atoms. The van der Waals surface area contributed by atoms with Crippen LogP contribution in [-0.4, -0.2) is 39.6 Å². The van der Waals surface area contributed by atoms with Crippen LogP contribution >= 0.6 is 11.6 Å². The Balaban J connectivity index is 1.30. The van der Waals surface area contributed by atoms with Crippen LogP contribution in [0, 0.1) is 5.92 Å². The smallest absolute Gasteiger partial charge is 0.272 e. The lowest BCUT2D eigenvalue weighted by Gasteiger charge is -2.31. The van der Waals surface area contributed by atoms with Gasteiger partial charge in [0.2, 0.25) is 5.91 Å². The van der Waals surface area contributed by atoms with Crippen LogP contribution in [-0.2, 0) is 11.3 Å². The highest BCUT2D eigenvalue weighted by atomic mass is 35.5. The average Bonchev–Trinajstić information content (AvgIpc) is 3.38. The van der Waals surface area contributed by atoms with E-state index in [1.807, 2.05) is 95.9 Å². The molecule has 0 aliphatic carbocycles. The summed E-state index contributed by atoms with van der Waals surface area (Å²) in [6.07, 6.45) is 1.27. The zero-order valence-electron chi connectivity index (χ0n) is 19.8. The molecular formula is C29H27ClN4O2. The van der Waals surface area contributed by atoms with E-state index in [9.17, 15) is 9.59 Å². The van der Waals surface area contributed by atoms with Crippen LogP contribution in [0.4, 0.5) is 0 Å². The Bertz CT molecular complexity index is 1330. The summed E-state index contributed by atoms with van der Waals surface area (Å²) in [6, 6.07) is 28.8. The molecule has 36 heavy (non-hydrogen) atoms. The summed E-state index contributed by atoms with van der Waals surface area (Å²) in [5.41, 5.74) is 3.98. The highest BCUT2D eigenvalue weighted by molar-refractivity contribution is 6.30. The van der Waals surface area contributed by atoms with Crippen LogP contribution in [0.25, 0.3) is 16.9 Å². The third-order valence-electron chi connectivity index (χ3n) is 6.53. The molecule has 2 heterocycles. The number of halogens is 1. The van der Waals surface area contributed by atoms with Crippen LogP contribution in [0.5, 0.6) is 0 Å². The van der Waals surface area contributed by atoms with Crippen LogP contribution < -0.4 is 5.32 Å². The molecule has 1 aromatic heterocycles. The first kappa shape index (κ1) is 23.8. The van der Waals surface area contributed by atoms with Crippen molar-refractivity contribution in [3.63, 3.8) is 0 Å². The molecule has 1 aliphatic rings. The maximum absolute atomic E-state index is 13.6. The van der Waals surface area contributed by atoms with Crippen molar-refractivity contribution in [3.05, 3.63) is 107 Å². The first-order valence-electron chi connectivity index (χ1n) is 12.1. The summed E-state index contributed by atoms with van der Waals surface area (Å²) >= 11 is 6.05. The fourth-order valence-electron chi connectivity index (χ4n) is 4.50. The topological polar surface area (TPSA) is 67.2 Å². The number of carbonyl (C=O) groups is 2. The highest BCUT2D eigenvalue weighted by Crippen LogP contribution is 2.26. The van der Waals surface area contributed by atoms with Gasteiger partial charge >= 0.3 is 0 Å². The molecule has 5 rings (SSSR count). The molecule has 0 bridgehead atoms. The zero-order valence-corrected chi connectivity index (χ0v) is 20.6. The Labute approximate surface area is 215 Å². The van der Waals surface area contributed by atoms with Crippen molar-refractivity contribution in [2.45, 2.75) is 19.4 Å². The molecular weight excluding hydrogens is 472 g/mol. The van der Waals surface area contributed by atoms with Gasteiger partial charge in [0.1, 0.15) is 5.69 Å². The summed E-state index contributed by atoms with van der Waals surface area (Å²) in [5, 5.41) is 8.44. The van der Waals surface area contributed by atoms with Gasteiger partial charge in [0.15, 0.2) is 0 Å². The Morgan fingerprint density at radius 2 is 1.53 bits per heavy atom. The number of piperidine rings is 1. The van der Waals surface area contributed by atoms with Crippen LogP contribution in [0.3, 0.4) is 0 Å². The fraction of sp³-hybridized carbons (Fsp3) is 0.207. The summed E-state index contributed by atoms with van der Waals surface area (Å²) in [7, 11) is 0. The van der Waals surface area contributed by atoms with E-state index >= 15 is 0 Å². The lowest BCUT2D eigenvalue weighted by atomic mass is 9.95. The van der Waals surface area contributed by atoms with E-state index in [0.29, 0.717) is 48.9 Å². The van der Waals surface area contributed by atoms with Gasteiger partial charge in [-0.15, -0.1) is 0 Å². The van der Waals surface area contributed by atoms with E-state index in [2.05, 4.69) is 5.32 Å². The molecule has 1 saturated heterocycles. The third-order valence-corrected chi connectivity index (χ3v) is 6.78. The number of hydrogen-bond donors (Lipinski definition) is 1. The number of hydrogen-bond acceptors (Lipinski definition) is 3. The van der Waals surface area contributed by atoms with E-state index < -0.39 is 0 Å². The van der Waals surface area contributed by atoms with Gasteiger partial charge in [0, 0.05) is 36.1 Å². The first-order valence-corrected chi connectivity index (χ1v) is 12.5. The molecule has 1 aliphatic heterocycles. The molecule has 3 aromatic carbocycles. The third kappa shape index (κ3) is 5.34. The van der Waals surface area contributed by atoms with Gasteiger partial charge in [-0.25, -0.2) is 4.68 Å². The second kappa shape index (κ2) is 10.8. The first-order chi connectivity index (χ1) is 17.6. The molecule has 0 unspecified atom stereocenters. The fourth-order valence-corrected chi connectivity index (χ4v) is 4.62. The molecule has 2 amide bonds. The number of aromatic nitrogens is 2. The van der Waals surface area contributed by atoms with Crippen molar-refractivity contribution in [2.24, 2.45) is 5.92 Å². The van der Waals surface area contributed by atoms with Crippen molar-refractivity contribution in [3.8, 4) is 16.9 Å². The normalized spacial score (nSPS) is 14.0. The zero-order chi connectivity index (χ0) is 24.9.